The van der Waals surface area contributed by atoms with Crippen LogP contribution in [0.1, 0.15) is 25.7 Å². The van der Waals surface area contributed by atoms with Crippen molar-refractivity contribution in [2.45, 2.75) is 30.7 Å². The fourth-order valence-corrected chi connectivity index (χ4v) is 3.36. The second-order valence-corrected chi connectivity index (χ2v) is 8.04. The highest BCUT2D eigenvalue weighted by Gasteiger charge is 2.22. The number of hydrogen-bond donors (Lipinski definition) is 1. The molecule has 0 bridgehead atoms. The highest BCUT2D eigenvalue weighted by atomic mass is 32.2. The number of carbonyl (C=O) groups is 1. The van der Waals surface area contributed by atoms with Gasteiger partial charge < -0.3 is 5.32 Å². The molecular formula is C17H19N3O3S. The summed E-state index contributed by atoms with van der Waals surface area (Å²) in [7, 11) is -3.37. The number of benzene rings is 1. The zero-order chi connectivity index (χ0) is 17.2. The molecule has 0 aliphatic heterocycles. The lowest BCUT2D eigenvalue weighted by Crippen LogP contribution is -2.20. The maximum Gasteiger partial charge on any atom is 0.227 e. The molecular weight excluding hydrogens is 326 g/mol. The Hall–Kier alpha value is -2.28. The van der Waals surface area contributed by atoms with E-state index < -0.39 is 9.84 Å². The van der Waals surface area contributed by atoms with Crippen LogP contribution < -0.4 is 5.32 Å². The summed E-state index contributed by atoms with van der Waals surface area (Å²) < 4.78 is 22.9. The van der Waals surface area contributed by atoms with Crippen LogP contribution in [0, 0.1) is 5.92 Å². The van der Waals surface area contributed by atoms with E-state index in [1.807, 2.05) is 24.3 Å². The summed E-state index contributed by atoms with van der Waals surface area (Å²) in [5.74, 6) is 0.158. The van der Waals surface area contributed by atoms with E-state index in [0.717, 1.165) is 37.5 Å². The number of nitrogens with one attached hydrogen (secondary N) is 1. The molecule has 1 amide bonds. The van der Waals surface area contributed by atoms with Gasteiger partial charge in [-0.2, -0.15) is 0 Å². The van der Waals surface area contributed by atoms with Gasteiger partial charge in [0.2, 0.25) is 5.91 Å². The van der Waals surface area contributed by atoms with Gasteiger partial charge in [-0.15, -0.1) is 10.2 Å². The summed E-state index contributed by atoms with van der Waals surface area (Å²) in [6, 6.07) is 10.4. The molecule has 1 aromatic carbocycles. The highest BCUT2D eigenvalue weighted by molar-refractivity contribution is 7.90. The van der Waals surface area contributed by atoms with E-state index in [1.165, 1.54) is 6.07 Å². The number of anilines is 1. The van der Waals surface area contributed by atoms with Gasteiger partial charge in [0.05, 0.1) is 5.69 Å². The van der Waals surface area contributed by atoms with Gasteiger partial charge in [-0.3, -0.25) is 4.79 Å². The molecule has 0 radical (unpaired) electrons. The highest BCUT2D eigenvalue weighted by Crippen LogP contribution is 2.27. The molecule has 0 atom stereocenters. The first-order chi connectivity index (χ1) is 11.4. The third-order valence-electron chi connectivity index (χ3n) is 4.17. The predicted molar refractivity (Wildman–Crippen MR) is 91.2 cm³/mol. The Labute approximate surface area is 141 Å². The van der Waals surface area contributed by atoms with Crippen LogP contribution in [-0.4, -0.2) is 30.8 Å². The minimum atomic E-state index is -3.37. The van der Waals surface area contributed by atoms with E-state index in [1.54, 1.807) is 6.07 Å². The number of aromatic nitrogens is 2. The molecule has 3 rings (SSSR count). The summed E-state index contributed by atoms with van der Waals surface area (Å²) in [6.07, 6.45) is 5.21. The van der Waals surface area contributed by atoms with Crippen LogP contribution in [0.25, 0.3) is 11.3 Å². The lowest BCUT2D eigenvalue weighted by atomic mass is 10.1. The number of rotatable bonds is 4. The van der Waals surface area contributed by atoms with Gasteiger partial charge in [0.15, 0.2) is 14.9 Å². The Bertz CT molecular complexity index is 842. The average molecular weight is 345 g/mol. The molecule has 6 nitrogen and oxygen atoms in total. The standard InChI is InChI=1S/C17H19N3O3S/c1-24(22,23)16-10-9-15(19-20-16)13-7-4-8-14(11-13)18-17(21)12-5-2-3-6-12/h4,7-12H,2-3,5-6H2,1H3,(H,18,21). The van der Waals surface area contributed by atoms with Crippen LogP contribution in [0.2, 0.25) is 0 Å². The van der Waals surface area contributed by atoms with Gasteiger partial charge in [-0.25, -0.2) is 8.42 Å². The summed E-state index contributed by atoms with van der Waals surface area (Å²) in [5, 5.41) is 10.6. The molecule has 1 saturated carbocycles. The lowest BCUT2D eigenvalue weighted by Gasteiger charge is -2.11. The Balaban J connectivity index is 1.78. The van der Waals surface area contributed by atoms with Crippen molar-refractivity contribution < 1.29 is 13.2 Å². The summed E-state index contributed by atoms with van der Waals surface area (Å²) in [6.45, 7) is 0. The van der Waals surface area contributed by atoms with Crippen LogP contribution in [0.5, 0.6) is 0 Å². The van der Waals surface area contributed by atoms with E-state index in [4.69, 9.17) is 0 Å². The summed E-state index contributed by atoms with van der Waals surface area (Å²) in [4.78, 5) is 12.2. The quantitative estimate of drug-likeness (QED) is 0.920. The SMILES string of the molecule is CS(=O)(=O)c1ccc(-c2cccc(NC(=O)C3CCCC3)c2)nn1. The fraction of sp³-hybridized carbons (Fsp3) is 0.353. The van der Waals surface area contributed by atoms with Gasteiger partial charge in [0.1, 0.15) is 0 Å². The molecule has 7 heteroatoms. The molecule has 1 fully saturated rings. The molecule has 0 spiro atoms. The number of amides is 1. The Morgan fingerprint density at radius 3 is 2.50 bits per heavy atom. The number of sulfone groups is 1. The molecule has 0 saturated heterocycles. The van der Waals surface area contributed by atoms with Crippen LogP contribution in [0.15, 0.2) is 41.4 Å². The van der Waals surface area contributed by atoms with E-state index in [0.29, 0.717) is 11.4 Å². The van der Waals surface area contributed by atoms with Crippen molar-refractivity contribution in [3.63, 3.8) is 0 Å². The van der Waals surface area contributed by atoms with Gasteiger partial charge >= 0.3 is 0 Å². The van der Waals surface area contributed by atoms with Crippen LogP contribution >= 0.6 is 0 Å². The molecule has 1 N–H and O–H groups in total. The van der Waals surface area contributed by atoms with Gasteiger partial charge in [0, 0.05) is 23.4 Å². The Morgan fingerprint density at radius 1 is 1.12 bits per heavy atom. The maximum absolute atomic E-state index is 12.2. The van der Waals surface area contributed by atoms with Crippen molar-refractivity contribution in [2.75, 3.05) is 11.6 Å². The number of hydrogen-bond acceptors (Lipinski definition) is 5. The van der Waals surface area contributed by atoms with Crippen LogP contribution in [0.3, 0.4) is 0 Å². The zero-order valence-electron chi connectivity index (χ0n) is 13.4. The molecule has 1 aromatic heterocycles. The average Bonchev–Trinajstić information content (AvgIpc) is 3.09. The second-order valence-electron chi connectivity index (χ2n) is 6.08. The van der Waals surface area contributed by atoms with Crippen molar-refractivity contribution in [1.82, 2.24) is 10.2 Å². The number of nitrogens with zero attached hydrogens (tertiary/aromatic N) is 2. The summed E-state index contributed by atoms with van der Waals surface area (Å²) in [5.41, 5.74) is 2.03. The van der Waals surface area contributed by atoms with E-state index in [-0.39, 0.29) is 16.9 Å². The largest absolute Gasteiger partial charge is 0.326 e. The molecule has 2 aromatic rings. The van der Waals surface area contributed by atoms with Crippen LogP contribution in [0.4, 0.5) is 5.69 Å². The third kappa shape index (κ3) is 3.79. The third-order valence-corrected chi connectivity index (χ3v) is 5.15. The minimum Gasteiger partial charge on any atom is -0.326 e. The Morgan fingerprint density at radius 2 is 1.88 bits per heavy atom. The second kappa shape index (κ2) is 6.68. The first-order valence-corrected chi connectivity index (χ1v) is 9.78. The summed E-state index contributed by atoms with van der Waals surface area (Å²) >= 11 is 0. The zero-order valence-corrected chi connectivity index (χ0v) is 14.2. The monoisotopic (exact) mass is 345 g/mol. The van der Waals surface area contributed by atoms with E-state index >= 15 is 0 Å². The van der Waals surface area contributed by atoms with E-state index in [9.17, 15) is 13.2 Å². The maximum atomic E-state index is 12.2. The first kappa shape index (κ1) is 16.6. The molecule has 1 aliphatic carbocycles. The first-order valence-electron chi connectivity index (χ1n) is 7.88. The smallest absolute Gasteiger partial charge is 0.227 e. The van der Waals surface area contributed by atoms with Crippen molar-refractivity contribution in [2.24, 2.45) is 5.92 Å². The molecule has 1 heterocycles. The Kier molecular flexibility index (Phi) is 4.62. The molecule has 1 aliphatic rings. The van der Waals surface area contributed by atoms with Crippen molar-refractivity contribution in [3.05, 3.63) is 36.4 Å². The number of carbonyl (C=O) groups excluding carboxylic acids is 1. The lowest BCUT2D eigenvalue weighted by molar-refractivity contribution is -0.119. The predicted octanol–water partition coefficient (Wildman–Crippen LogP) is 2.68. The fourth-order valence-electron chi connectivity index (χ4n) is 2.86. The minimum absolute atomic E-state index is 0.0584. The van der Waals surface area contributed by atoms with Gasteiger partial charge in [-0.1, -0.05) is 25.0 Å². The van der Waals surface area contributed by atoms with Crippen molar-refractivity contribution >= 4 is 21.4 Å². The molecule has 0 unspecified atom stereocenters. The normalized spacial score (nSPS) is 15.4. The van der Waals surface area contributed by atoms with Crippen molar-refractivity contribution in [1.29, 1.82) is 0 Å². The van der Waals surface area contributed by atoms with Gasteiger partial charge in [-0.05, 0) is 37.1 Å². The van der Waals surface area contributed by atoms with Gasteiger partial charge in [0.25, 0.3) is 0 Å². The van der Waals surface area contributed by atoms with Crippen LogP contribution in [-0.2, 0) is 14.6 Å². The molecule has 126 valence electrons. The topological polar surface area (TPSA) is 89.0 Å². The molecule has 24 heavy (non-hydrogen) atoms. The van der Waals surface area contributed by atoms with Crippen molar-refractivity contribution in [3.8, 4) is 11.3 Å². The van der Waals surface area contributed by atoms with E-state index in [2.05, 4.69) is 15.5 Å².